The lowest BCUT2D eigenvalue weighted by Gasteiger charge is -2.17. The summed E-state index contributed by atoms with van der Waals surface area (Å²) in [6.45, 7) is 1.73. The van der Waals surface area contributed by atoms with Gasteiger partial charge >= 0.3 is 0 Å². The van der Waals surface area contributed by atoms with E-state index in [1.165, 1.54) is 6.92 Å². The van der Waals surface area contributed by atoms with Crippen LogP contribution in [0, 0.1) is 5.92 Å². The third kappa shape index (κ3) is 4.44. The summed E-state index contributed by atoms with van der Waals surface area (Å²) in [5.74, 6) is -0.311. The highest BCUT2D eigenvalue weighted by Gasteiger charge is 2.35. The summed E-state index contributed by atoms with van der Waals surface area (Å²) >= 11 is 0. The minimum absolute atomic E-state index is 0.101. The molecule has 7 nitrogen and oxygen atoms in total. The van der Waals surface area contributed by atoms with Gasteiger partial charge in [-0.3, -0.25) is 14.4 Å². The molecule has 1 aliphatic rings. The van der Waals surface area contributed by atoms with Crippen molar-refractivity contribution in [2.45, 2.75) is 13.3 Å². The first-order valence-electron chi connectivity index (χ1n) is 8.59. The van der Waals surface area contributed by atoms with Crippen molar-refractivity contribution in [1.82, 2.24) is 0 Å². The smallest absolute Gasteiger partial charge is 0.229 e. The Balaban J connectivity index is 1.68. The van der Waals surface area contributed by atoms with Gasteiger partial charge in [0.15, 0.2) is 0 Å². The van der Waals surface area contributed by atoms with E-state index in [1.54, 1.807) is 48.4 Å². The van der Waals surface area contributed by atoms with Gasteiger partial charge in [-0.25, -0.2) is 0 Å². The predicted molar refractivity (Wildman–Crippen MR) is 103 cm³/mol. The van der Waals surface area contributed by atoms with E-state index in [-0.39, 0.29) is 24.1 Å². The van der Waals surface area contributed by atoms with Crippen molar-refractivity contribution in [1.29, 1.82) is 0 Å². The van der Waals surface area contributed by atoms with Crippen molar-refractivity contribution in [2.24, 2.45) is 5.92 Å². The number of carbonyl (C=O) groups excluding carboxylic acids is 3. The molecular weight excluding hydrogens is 346 g/mol. The topological polar surface area (TPSA) is 87.7 Å². The van der Waals surface area contributed by atoms with Crippen LogP contribution in [0.4, 0.5) is 17.1 Å². The molecule has 0 spiro atoms. The highest BCUT2D eigenvalue weighted by Crippen LogP contribution is 2.28. The molecule has 2 aromatic rings. The van der Waals surface area contributed by atoms with Gasteiger partial charge in [0.2, 0.25) is 17.7 Å². The molecule has 1 unspecified atom stereocenters. The number of hydrogen-bond donors (Lipinski definition) is 2. The zero-order valence-electron chi connectivity index (χ0n) is 15.2. The Morgan fingerprint density at radius 2 is 1.78 bits per heavy atom. The molecule has 0 aromatic heterocycles. The largest absolute Gasteiger partial charge is 0.497 e. The van der Waals surface area contributed by atoms with Crippen molar-refractivity contribution in [2.75, 3.05) is 29.2 Å². The van der Waals surface area contributed by atoms with Crippen molar-refractivity contribution >= 4 is 34.8 Å². The van der Waals surface area contributed by atoms with E-state index in [0.29, 0.717) is 29.4 Å². The highest BCUT2D eigenvalue weighted by molar-refractivity contribution is 6.03. The number of carbonyl (C=O) groups is 3. The molecule has 0 radical (unpaired) electrons. The second kappa shape index (κ2) is 7.90. The molecule has 2 aromatic carbocycles. The van der Waals surface area contributed by atoms with Crippen molar-refractivity contribution in [3.8, 4) is 5.75 Å². The van der Waals surface area contributed by atoms with Crippen LogP contribution in [0.1, 0.15) is 13.3 Å². The quantitative estimate of drug-likeness (QED) is 0.850. The Kier molecular flexibility index (Phi) is 5.40. The van der Waals surface area contributed by atoms with Gasteiger partial charge in [-0.05, 0) is 30.3 Å². The van der Waals surface area contributed by atoms with Gasteiger partial charge in [0.1, 0.15) is 5.75 Å². The molecule has 0 aliphatic carbocycles. The molecule has 27 heavy (non-hydrogen) atoms. The summed E-state index contributed by atoms with van der Waals surface area (Å²) in [5.41, 5.74) is 1.88. The minimum atomic E-state index is -0.451. The number of anilines is 3. The van der Waals surface area contributed by atoms with E-state index in [2.05, 4.69) is 10.6 Å². The summed E-state index contributed by atoms with van der Waals surface area (Å²) in [6, 6.07) is 14.1. The number of nitrogens with zero attached hydrogens (tertiary/aromatic N) is 1. The Labute approximate surface area is 157 Å². The van der Waals surface area contributed by atoms with Gasteiger partial charge in [-0.15, -0.1) is 0 Å². The zero-order valence-corrected chi connectivity index (χ0v) is 15.2. The van der Waals surface area contributed by atoms with Crippen LogP contribution in [-0.4, -0.2) is 31.4 Å². The average molecular weight is 367 g/mol. The fourth-order valence-electron chi connectivity index (χ4n) is 3.03. The Morgan fingerprint density at radius 3 is 2.48 bits per heavy atom. The van der Waals surface area contributed by atoms with Crippen molar-refractivity contribution in [3.63, 3.8) is 0 Å². The number of benzene rings is 2. The first-order chi connectivity index (χ1) is 13.0. The van der Waals surface area contributed by atoms with E-state index in [1.807, 2.05) is 12.1 Å². The first kappa shape index (κ1) is 18.4. The fourth-order valence-corrected chi connectivity index (χ4v) is 3.03. The van der Waals surface area contributed by atoms with E-state index in [4.69, 9.17) is 4.74 Å². The lowest BCUT2D eigenvalue weighted by molar-refractivity contribution is -0.122. The summed E-state index contributed by atoms with van der Waals surface area (Å²) < 4.78 is 5.19. The van der Waals surface area contributed by atoms with Gasteiger partial charge in [0.05, 0.1) is 13.0 Å². The molecule has 3 rings (SSSR count). The van der Waals surface area contributed by atoms with Gasteiger partial charge < -0.3 is 20.3 Å². The van der Waals surface area contributed by atoms with Crippen LogP contribution in [0.3, 0.4) is 0 Å². The van der Waals surface area contributed by atoms with Crippen LogP contribution in [0.5, 0.6) is 5.75 Å². The lowest BCUT2D eigenvalue weighted by Crippen LogP contribution is -2.28. The molecular formula is C20H21N3O4. The standard InChI is InChI=1S/C20H21N3O4/c1-13(24)21-15-5-3-6-16(10-15)22-20(26)14-9-19(25)23(12-14)17-7-4-8-18(11-17)27-2/h3-8,10-11,14H,9,12H2,1-2H3,(H,21,24)(H,22,26). The maximum Gasteiger partial charge on any atom is 0.229 e. The summed E-state index contributed by atoms with van der Waals surface area (Å²) in [7, 11) is 1.57. The van der Waals surface area contributed by atoms with E-state index in [9.17, 15) is 14.4 Å². The molecule has 1 atom stereocenters. The lowest BCUT2D eigenvalue weighted by atomic mass is 10.1. The molecule has 0 bridgehead atoms. The second-order valence-electron chi connectivity index (χ2n) is 6.36. The fraction of sp³-hybridized carbons (Fsp3) is 0.250. The van der Waals surface area contributed by atoms with E-state index < -0.39 is 5.92 Å². The first-order valence-corrected chi connectivity index (χ1v) is 8.59. The molecule has 7 heteroatoms. The van der Waals surface area contributed by atoms with E-state index >= 15 is 0 Å². The number of nitrogens with one attached hydrogen (secondary N) is 2. The molecule has 2 N–H and O–H groups in total. The Bertz CT molecular complexity index is 881. The number of hydrogen-bond acceptors (Lipinski definition) is 4. The van der Waals surface area contributed by atoms with Crippen LogP contribution >= 0.6 is 0 Å². The number of methoxy groups -OCH3 is 1. The van der Waals surface area contributed by atoms with Crippen LogP contribution in [0.2, 0.25) is 0 Å². The third-order valence-corrected chi connectivity index (χ3v) is 4.31. The Hall–Kier alpha value is -3.35. The molecule has 1 fully saturated rings. The number of ether oxygens (including phenoxy) is 1. The molecule has 3 amide bonds. The highest BCUT2D eigenvalue weighted by atomic mass is 16.5. The third-order valence-electron chi connectivity index (χ3n) is 4.31. The van der Waals surface area contributed by atoms with Crippen LogP contribution in [-0.2, 0) is 14.4 Å². The van der Waals surface area contributed by atoms with Gasteiger partial charge in [-0.2, -0.15) is 0 Å². The monoisotopic (exact) mass is 367 g/mol. The summed E-state index contributed by atoms with van der Waals surface area (Å²) in [4.78, 5) is 37.7. The SMILES string of the molecule is COc1cccc(N2CC(C(=O)Nc3cccc(NC(C)=O)c3)CC2=O)c1. The molecule has 1 heterocycles. The molecule has 140 valence electrons. The van der Waals surface area contributed by atoms with E-state index in [0.717, 1.165) is 0 Å². The van der Waals surface area contributed by atoms with Gasteiger partial charge in [-0.1, -0.05) is 12.1 Å². The van der Waals surface area contributed by atoms with Crippen LogP contribution in [0.25, 0.3) is 0 Å². The number of rotatable bonds is 5. The van der Waals surface area contributed by atoms with Gasteiger partial charge in [0, 0.05) is 43.0 Å². The molecule has 0 saturated carbocycles. The normalized spacial score (nSPS) is 16.1. The van der Waals surface area contributed by atoms with Gasteiger partial charge in [0.25, 0.3) is 0 Å². The minimum Gasteiger partial charge on any atom is -0.497 e. The maximum atomic E-state index is 12.6. The zero-order chi connectivity index (χ0) is 19.4. The summed E-state index contributed by atoms with van der Waals surface area (Å²) in [5, 5.41) is 5.49. The molecule has 1 saturated heterocycles. The van der Waals surface area contributed by atoms with Crippen molar-refractivity contribution < 1.29 is 19.1 Å². The van der Waals surface area contributed by atoms with Crippen LogP contribution < -0.4 is 20.3 Å². The second-order valence-corrected chi connectivity index (χ2v) is 6.36. The Morgan fingerprint density at radius 1 is 1.07 bits per heavy atom. The number of amides is 3. The predicted octanol–water partition coefficient (Wildman–Crippen LogP) is 2.65. The maximum absolute atomic E-state index is 12.6. The van der Waals surface area contributed by atoms with Crippen molar-refractivity contribution in [3.05, 3.63) is 48.5 Å². The van der Waals surface area contributed by atoms with Crippen LogP contribution in [0.15, 0.2) is 48.5 Å². The average Bonchev–Trinajstić information content (AvgIpc) is 3.03. The molecule has 1 aliphatic heterocycles. The summed E-state index contributed by atoms with van der Waals surface area (Å²) in [6.07, 6.45) is 0.147.